The molecular formula is C20H16N2O2S. The molecule has 25 heavy (non-hydrogen) atoms. The highest BCUT2D eigenvalue weighted by Gasteiger charge is 2.16. The van der Waals surface area contributed by atoms with E-state index < -0.39 is 6.10 Å². The van der Waals surface area contributed by atoms with Crippen molar-refractivity contribution in [2.75, 3.05) is 6.54 Å². The Morgan fingerprint density at radius 1 is 1.16 bits per heavy atom. The lowest BCUT2D eigenvalue weighted by Gasteiger charge is -2.13. The number of thiophene rings is 1. The van der Waals surface area contributed by atoms with Crippen LogP contribution in [0.3, 0.4) is 0 Å². The SMILES string of the molecule is O=C(NCC(O)c1ccsc1)c1cc2ccccc2c2cccnc12. The average molecular weight is 348 g/mol. The minimum atomic E-state index is -0.713. The largest absolute Gasteiger partial charge is 0.387 e. The second-order valence-electron chi connectivity index (χ2n) is 5.83. The molecule has 2 N–H and O–H groups in total. The van der Waals surface area contributed by atoms with Gasteiger partial charge in [0.15, 0.2) is 0 Å². The lowest BCUT2D eigenvalue weighted by Crippen LogP contribution is -2.28. The van der Waals surface area contributed by atoms with Crippen molar-refractivity contribution in [1.29, 1.82) is 0 Å². The van der Waals surface area contributed by atoms with Crippen LogP contribution in [0.4, 0.5) is 0 Å². The van der Waals surface area contributed by atoms with E-state index in [0.29, 0.717) is 11.1 Å². The van der Waals surface area contributed by atoms with Crippen LogP contribution in [0.2, 0.25) is 0 Å². The van der Waals surface area contributed by atoms with Crippen molar-refractivity contribution in [3.8, 4) is 0 Å². The van der Waals surface area contributed by atoms with Gasteiger partial charge in [0.1, 0.15) is 0 Å². The third-order valence-electron chi connectivity index (χ3n) is 4.24. The van der Waals surface area contributed by atoms with Gasteiger partial charge in [-0.2, -0.15) is 11.3 Å². The van der Waals surface area contributed by atoms with Crippen LogP contribution in [-0.4, -0.2) is 22.5 Å². The van der Waals surface area contributed by atoms with Crippen molar-refractivity contribution in [2.45, 2.75) is 6.10 Å². The number of benzene rings is 2. The summed E-state index contributed by atoms with van der Waals surface area (Å²) in [5, 5.41) is 19.8. The van der Waals surface area contributed by atoms with E-state index in [9.17, 15) is 9.90 Å². The normalized spacial score (nSPS) is 12.4. The summed E-state index contributed by atoms with van der Waals surface area (Å²) < 4.78 is 0. The first kappa shape index (κ1) is 15.7. The summed E-state index contributed by atoms with van der Waals surface area (Å²) in [6, 6.07) is 15.5. The van der Waals surface area contributed by atoms with Gasteiger partial charge in [-0.25, -0.2) is 0 Å². The minimum absolute atomic E-state index is 0.163. The Labute approximate surface area is 148 Å². The molecule has 1 amide bonds. The molecule has 0 fully saturated rings. The fourth-order valence-electron chi connectivity index (χ4n) is 2.97. The molecule has 2 aromatic heterocycles. The number of hydrogen-bond donors (Lipinski definition) is 2. The van der Waals surface area contributed by atoms with Crippen LogP contribution in [0.15, 0.2) is 65.5 Å². The number of carbonyl (C=O) groups is 1. The number of carbonyl (C=O) groups excluding carboxylic acids is 1. The van der Waals surface area contributed by atoms with Crippen LogP contribution in [0.5, 0.6) is 0 Å². The van der Waals surface area contributed by atoms with E-state index in [1.807, 2.05) is 59.3 Å². The monoisotopic (exact) mass is 348 g/mol. The molecule has 0 radical (unpaired) electrons. The maximum atomic E-state index is 12.7. The molecule has 5 heteroatoms. The second kappa shape index (κ2) is 6.63. The van der Waals surface area contributed by atoms with E-state index >= 15 is 0 Å². The summed E-state index contributed by atoms with van der Waals surface area (Å²) in [6.07, 6.45) is 0.976. The van der Waals surface area contributed by atoms with E-state index in [4.69, 9.17) is 0 Å². The Morgan fingerprint density at radius 2 is 2.00 bits per heavy atom. The van der Waals surface area contributed by atoms with Crippen LogP contribution in [-0.2, 0) is 0 Å². The topological polar surface area (TPSA) is 62.2 Å². The maximum Gasteiger partial charge on any atom is 0.253 e. The number of aliphatic hydroxyl groups is 1. The maximum absolute atomic E-state index is 12.7. The molecule has 2 aromatic carbocycles. The molecule has 1 atom stereocenters. The number of pyridine rings is 1. The van der Waals surface area contributed by atoms with E-state index in [2.05, 4.69) is 10.3 Å². The standard InChI is InChI=1S/C20H16N2O2S/c23-18(14-7-9-25-12-14)11-22-20(24)17-10-13-4-1-2-5-15(13)16-6-3-8-21-19(16)17/h1-10,12,18,23H,11H2,(H,22,24). The van der Waals surface area contributed by atoms with Gasteiger partial charge in [0.05, 0.1) is 17.2 Å². The van der Waals surface area contributed by atoms with Crippen molar-refractivity contribution in [2.24, 2.45) is 0 Å². The first-order chi connectivity index (χ1) is 12.2. The van der Waals surface area contributed by atoms with E-state index in [0.717, 1.165) is 21.7 Å². The molecule has 0 saturated heterocycles. The van der Waals surface area contributed by atoms with Crippen molar-refractivity contribution in [3.63, 3.8) is 0 Å². The van der Waals surface area contributed by atoms with Crippen molar-refractivity contribution >= 4 is 38.9 Å². The number of hydrogen-bond acceptors (Lipinski definition) is 4. The second-order valence-corrected chi connectivity index (χ2v) is 6.61. The summed E-state index contributed by atoms with van der Waals surface area (Å²) >= 11 is 1.52. The Bertz CT molecular complexity index is 1040. The third kappa shape index (κ3) is 2.99. The van der Waals surface area contributed by atoms with Gasteiger partial charge in [-0.05, 0) is 45.3 Å². The first-order valence-electron chi connectivity index (χ1n) is 7.99. The number of nitrogens with zero attached hydrogens (tertiary/aromatic N) is 1. The summed E-state index contributed by atoms with van der Waals surface area (Å²) in [6.45, 7) is 0.163. The van der Waals surface area contributed by atoms with E-state index in [1.54, 1.807) is 6.20 Å². The average Bonchev–Trinajstić information content (AvgIpc) is 3.20. The number of fused-ring (bicyclic) bond motifs is 3. The Hall–Kier alpha value is -2.76. The molecule has 124 valence electrons. The predicted octanol–water partition coefficient (Wildman–Crippen LogP) is 3.91. The van der Waals surface area contributed by atoms with Crippen molar-refractivity contribution in [1.82, 2.24) is 10.3 Å². The van der Waals surface area contributed by atoms with Gasteiger partial charge in [-0.3, -0.25) is 9.78 Å². The van der Waals surface area contributed by atoms with Gasteiger partial charge in [-0.1, -0.05) is 30.3 Å². The fraction of sp³-hybridized carbons (Fsp3) is 0.100. The zero-order chi connectivity index (χ0) is 17.2. The highest BCUT2D eigenvalue weighted by Crippen LogP contribution is 2.27. The number of nitrogens with one attached hydrogen (secondary N) is 1. The molecule has 4 aromatic rings. The molecule has 0 bridgehead atoms. The molecule has 0 aliphatic rings. The number of amides is 1. The molecule has 4 rings (SSSR count). The zero-order valence-corrected chi connectivity index (χ0v) is 14.2. The summed E-state index contributed by atoms with van der Waals surface area (Å²) in [5.74, 6) is -0.233. The highest BCUT2D eigenvalue weighted by atomic mass is 32.1. The van der Waals surface area contributed by atoms with E-state index in [1.165, 1.54) is 11.3 Å². The number of aromatic nitrogens is 1. The van der Waals surface area contributed by atoms with Gasteiger partial charge in [0, 0.05) is 18.1 Å². The quantitative estimate of drug-likeness (QED) is 0.550. The van der Waals surface area contributed by atoms with Gasteiger partial charge in [0.2, 0.25) is 0 Å². The molecule has 1 unspecified atom stereocenters. The van der Waals surface area contributed by atoms with Crippen LogP contribution in [0.1, 0.15) is 22.0 Å². The van der Waals surface area contributed by atoms with Crippen LogP contribution >= 0.6 is 11.3 Å². The molecule has 0 saturated carbocycles. The molecule has 0 aliphatic heterocycles. The summed E-state index contributed by atoms with van der Waals surface area (Å²) in [7, 11) is 0. The fourth-order valence-corrected chi connectivity index (χ4v) is 3.68. The highest BCUT2D eigenvalue weighted by molar-refractivity contribution is 7.07. The Balaban J connectivity index is 1.68. The van der Waals surface area contributed by atoms with Gasteiger partial charge in [-0.15, -0.1) is 0 Å². The van der Waals surface area contributed by atoms with Gasteiger partial charge in [0.25, 0.3) is 5.91 Å². The van der Waals surface area contributed by atoms with Crippen LogP contribution in [0.25, 0.3) is 21.7 Å². The summed E-state index contributed by atoms with van der Waals surface area (Å²) in [4.78, 5) is 17.1. The third-order valence-corrected chi connectivity index (χ3v) is 4.94. The lowest BCUT2D eigenvalue weighted by atomic mass is 10.0. The first-order valence-corrected chi connectivity index (χ1v) is 8.93. The van der Waals surface area contributed by atoms with Gasteiger partial charge < -0.3 is 10.4 Å². The van der Waals surface area contributed by atoms with Crippen molar-refractivity contribution in [3.05, 3.63) is 76.6 Å². The lowest BCUT2D eigenvalue weighted by molar-refractivity contribution is 0.0918. The predicted molar refractivity (Wildman–Crippen MR) is 101 cm³/mol. The van der Waals surface area contributed by atoms with Gasteiger partial charge >= 0.3 is 0 Å². The number of rotatable bonds is 4. The minimum Gasteiger partial charge on any atom is -0.387 e. The van der Waals surface area contributed by atoms with E-state index in [-0.39, 0.29) is 12.5 Å². The summed E-state index contributed by atoms with van der Waals surface area (Å²) in [5.41, 5.74) is 2.00. The van der Waals surface area contributed by atoms with Crippen LogP contribution < -0.4 is 5.32 Å². The molecule has 0 aliphatic carbocycles. The Kier molecular flexibility index (Phi) is 4.17. The molecule has 0 spiro atoms. The van der Waals surface area contributed by atoms with Crippen molar-refractivity contribution < 1.29 is 9.90 Å². The smallest absolute Gasteiger partial charge is 0.253 e. The zero-order valence-electron chi connectivity index (χ0n) is 13.3. The molecule has 2 heterocycles. The molecular weight excluding hydrogens is 332 g/mol. The molecule has 4 nitrogen and oxygen atoms in total. The Morgan fingerprint density at radius 3 is 2.84 bits per heavy atom. The van der Waals surface area contributed by atoms with Crippen LogP contribution in [0, 0.1) is 0 Å². The number of aliphatic hydroxyl groups excluding tert-OH is 1.